The Kier molecular flexibility index (Phi) is 3.70. The molecule has 1 N–H and O–H groups in total. The molecule has 0 aromatic heterocycles. The van der Waals surface area contributed by atoms with E-state index in [2.05, 4.69) is 0 Å². The van der Waals surface area contributed by atoms with Crippen LogP contribution >= 0.6 is 0 Å². The fourth-order valence-corrected chi connectivity index (χ4v) is 2.07. The lowest BCUT2D eigenvalue weighted by molar-refractivity contribution is -0.162. The van der Waals surface area contributed by atoms with Crippen LogP contribution in [0, 0.1) is 0 Å². The molecule has 0 bridgehead atoms. The fourth-order valence-electron chi connectivity index (χ4n) is 2.07. The van der Waals surface area contributed by atoms with E-state index >= 15 is 0 Å². The first-order valence-corrected chi connectivity index (χ1v) is 5.74. The number of halogens is 9. The lowest BCUT2D eigenvalue weighted by Crippen LogP contribution is -2.17. The number of benzene rings is 2. The number of hydrogen-bond acceptors (Lipinski definition) is 1. The number of aromatic hydroxyl groups is 1. The van der Waals surface area contributed by atoms with Crippen molar-refractivity contribution in [3.05, 3.63) is 41.0 Å². The van der Waals surface area contributed by atoms with E-state index in [1.165, 1.54) is 0 Å². The second-order valence-electron chi connectivity index (χ2n) is 4.58. The normalized spacial score (nSPS) is 13.6. The molecule has 0 unspecified atom stereocenters. The number of rotatable bonds is 0. The first-order chi connectivity index (χ1) is 10.2. The maximum atomic E-state index is 12.8. The molecule has 0 fully saturated rings. The van der Waals surface area contributed by atoms with E-state index in [4.69, 9.17) is 0 Å². The molecule has 2 aromatic carbocycles. The van der Waals surface area contributed by atoms with Gasteiger partial charge in [-0.15, -0.1) is 0 Å². The maximum absolute atomic E-state index is 12.8. The third-order valence-corrected chi connectivity index (χ3v) is 3.03. The summed E-state index contributed by atoms with van der Waals surface area (Å²) in [5.74, 6) is -1.77. The zero-order valence-corrected chi connectivity index (χ0v) is 10.7. The van der Waals surface area contributed by atoms with Crippen LogP contribution in [0.1, 0.15) is 16.7 Å². The van der Waals surface area contributed by atoms with Gasteiger partial charge in [0.15, 0.2) is 0 Å². The van der Waals surface area contributed by atoms with Gasteiger partial charge in [-0.05, 0) is 23.6 Å². The number of phenols is 1. The van der Waals surface area contributed by atoms with Crippen molar-refractivity contribution >= 4 is 10.8 Å². The Labute approximate surface area is 121 Å². The van der Waals surface area contributed by atoms with Crippen molar-refractivity contribution < 1.29 is 44.6 Å². The van der Waals surface area contributed by atoms with Crippen molar-refractivity contribution in [1.82, 2.24) is 0 Å². The highest BCUT2D eigenvalue weighted by Crippen LogP contribution is 2.48. The van der Waals surface area contributed by atoms with E-state index < -0.39 is 51.7 Å². The summed E-state index contributed by atoms with van der Waals surface area (Å²) in [5, 5.41) is 7.95. The number of hydrogen-bond donors (Lipinski definition) is 1. The summed E-state index contributed by atoms with van der Waals surface area (Å²) in [6.07, 6.45) is -15.9. The molecule has 0 amide bonds. The Hall–Kier alpha value is -2.13. The minimum Gasteiger partial charge on any atom is -0.507 e. The molecule has 0 saturated heterocycles. The summed E-state index contributed by atoms with van der Waals surface area (Å²) < 4.78 is 114. The van der Waals surface area contributed by atoms with E-state index in [0.29, 0.717) is 12.1 Å². The van der Waals surface area contributed by atoms with E-state index in [1.807, 2.05) is 0 Å². The minimum absolute atomic E-state index is 0.0624. The van der Waals surface area contributed by atoms with Crippen molar-refractivity contribution in [3.63, 3.8) is 0 Å². The summed E-state index contributed by atoms with van der Waals surface area (Å²) in [5.41, 5.74) is -5.94. The Morgan fingerprint density at radius 1 is 0.696 bits per heavy atom. The molecule has 0 saturated carbocycles. The van der Waals surface area contributed by atoms with Gasteiger partial charge in [-0.3, -0.25) is 0 Å². The zero-order chi connectivity index (χ0) is 17.8. The van der Waals surface area contributed by atoms with Gasteiger partial charge in [0.2, 0.25) is 0 Å². The molecule has 0 aliphatic rings. The molecule has 0 radical (unpaired) electrons. The van der Waals surface area contributed by atoms with Crippen LogP contribution < -0.4 is 0 Å². The largest absolute Gasteiger partial charge is 0.507 e. The van der Waals surface area contributed by atoms with Crippen LogP contribution in [0.4, 0.5) is 39.5 Å². The lowest BCUT2D eigenvalue weighted by Gasteiger charge is -2.19. The van der Waals surface area contributed by atoms with Gasteiger partial charge in [-0.1, -0.05) is 6.07 Å². The Morgan fingerprint density at radius 3 is 1.70 bits per heavy atom. The van der Waals surface area contributed by atoms with E-state index in [1.54, 1.807) is 0 Å². The maximum Gasteiger partial charge on any atom is 0.420 e. The molecular formula is C13H5F9O. The number of fused-ring (bicyclic) bond motifs is 1. The third kappa shape index (κ3) is 3.15. The van der Waals surface area contributed by atoms with Crippen LogP contribution in [0.15, 0.2) is 24.3 Å². The van der Waals surface area contributed by atoms with Crippen LogP contribution in [-0.4, -0.2) is 5.11 Å². The highest BCUT2D eigenvalue weighted by molar-refractivity contribution is 5.91. The van der Waals surface area contributed by atoms with Gasteiger partial charge in [0.25, 0.3) is 0 Å². The van der Waals surface area contributed by atoms with Gasteiger partial charge in [0, 0.05) is 5.39 Å². The summed E-state index contributed by atoms with van der Waals surface area (Å²) in [4.78, 5) is 0. The second-order valence-corrected chi connectivity index (χ2v) is 4.58. The van der Waals surface area contributed by atoms with Gasteiger partial charge in [0.05, 0.1) is 11.1 Å². The van der Waals surface area contributed by atoms with Crippen molar-refractivity contribution in [3.8, 4) is 5.75 Å². The van der Waals surface area contributed by atoms with Gasteiger partial charge in [-0.25, -0.2) is 0 Å². The van der Waals surface area contributed by atoms with Gasteiger partial charge < -0.3 is 5.11 Å². The summed E-state index contributed by atoms with van der Waals surface area (Å²) >= 11 is 0. The minimum atomic E-state index is -5.54. The molecule has 10 heteroatoms. The first kappa shape index (κ1) is 17.2. The van der Waals surface area contributed by atoms with Crippen molar-refractivity contribution in [2.24, 2.45) is 0 Å². The quantitative estimate of drug-likeness (QED) is 0.615. The van der Waals surface area contributed by atoms with Gasteiger partial charge >= 0.3 is 18.5 Å². The van der Waals surface area contributed by atoms with Gasteiger partial charge in [-0.2, -0.15) is 39.5 Å². The topological polar surface area (TPSA) is 20.2 Å². The molecule has 2 rings (SSSR count). The smallest absolute Gasteiger partial charge is 0.420 e. The molecular weight excluding hydrogens is 343 g/mol. The highest BCUT2D eigenvalue weighted by Gasteiger charge is 2.46. The number of alkyl halides is 9. The SMILES string of the molecule is Oc1c(C(F)(F)F)c(C(F)(F)F)cc2cc(C(F)(F)F)ccc12. The van der Waals surface area contributed by atoms with Crippen molar-refractivity contribution in [2.75, 3.05) is 0 Å². The molecule has 23 heavy (non-hydrogen) atoms. The number of phenolic OH excluding ortho intramolecular Hbond substituents is 1. The van der Waals surface area contributed by atoms with Crippen LogP contribution in [0.2, 0.25) is 0 Å². The van der Waals surface area contributed by atoms with Gasteiger partial charge in [0.1, 0.15) is 11.3 Å². The average molecular weight is 348 g/mol. The molecule has 0 aliphatic heterocycles. The molecule has 0 atom stereocenters. The van der Waals surface area contributed by atoms with Crippen molar-refractivity contribution in [2.45, 2.75) is 18.5 Å². The molecule has 0 aliphatic carbocycles. The third-order valence-electron chi connectivity index (χ3n) is 3.03. The van der Waals surface area contributed by atoms with Crippen LogP contribution in [0.5, 0.6) is 5.75 Å². The Balaban J connectivity index is 2.90. The van der Waals surface area contributed by atoms with Crippen LogP contribution in [0.3, 0.4) is 0 Å². The van der Waals surface area contributed by atoms with Crippen molar-refractivity contribution in [1.29, 1.82) is 0 Å². The highest BCUT2D eigenvalue weighted by atomic mass is 19.4. The summed E-state index contributed by atoms with van der Waals surface area (Å²) in [6, 6.07) is 1.04. The fraction of sp³-hybridized carbons (Fsp3) is 0.231. The molecule has 126 valence electrons. The molecule has 1 nitrogen and oxygen atoms in total. The monoisotopic (exact) mass is 348 g/mol. The molecule has 0 spiro atoms. The lowest BCUT2D eigenvalue weighted by atomic mass is 9.97. The van der Waals surface area contributed by atoms with E-state index in [9.17, 15) is 44.6 Å². The first-order valence-electron chi connectivity index (χ1n) is 5.74. The average Bonchev–Trinajstić information content (AvgIpc) is 2.34. The van der Waals surface area contributed by atoms with Crippen LogP contribution in [0.25, 0.3) is 10.8 Å². The summed E-state index contributed by atoms with van der Waals surface area (Å²) in [6.45, 7) is 0. The zero-order valence-electron chi connectivity index (χ0n) is 10.7. The van der Waals surface area contributed by atoms with E-state index in [0.717, 1.165) is 0 Å². The van der Waals surface area contributed by atoms with E-state index in [-0.39, 0.29) is 12.1 Å². The van der Waals surface area contributed by atoms with Crippen LogP contribution in [-0.2, 0) is 18.5 Å². The predicted octanol–water partition coefficient (Wildman–Crippen LogP) is 5.60. The molecule has 0 heterocycles. The summed E-state index contributed by atoms with van der Waals surface area (Å²) in [7, 11) is 0. The molecule has 2 aromatic rings. The standard InChI is InChI=1S/C13H5F9O/c14-11(15,16)6-1-2-7-5(3-6)4-8(12(17,18)19)9(10(7)23)13(20,21)22/h1-4,23H. The predicted molar refractivity (Wildman–Crippen MR) is 60.6 cm³/mol. The second kappa shape index (κ2) is 4.93. The Morgan fingerprint density at radius 2 is 1.26 bits per heavy atom. The Bertz CT molecular complexity index is 753.